The van der Waals surface area contributed by atoms with E-state index in [-0.39, 0.29) is 0 Å². The number of amides is 1. The smallest absolute Gasteiger partial charge is 0.249 e. The average molecular weight is 754 g/mol. The van der Waals surface area contributed by atoms with Crippen LogP contribution in [0, 0.1) is 0 Å². The highest BCUT2D eigenvalue weighted by molar-refractivity contribution is 5.80. The van der Waals surface area contributed by atoms with E-state index in [1.54, 1.807) is 0 Å². The average Bonchev–Trinajstić information content (AvgIpc) is 3.16. The molecule has 0 aromatic heterocycles. The van der Waals surface area contributed by atoms with Crippen LogP contribution in [0.2, 0.25) is 0 Å². The molecule has 0 aliphatic heterocycles. The van der Waals surface area contributed by atoms with Crippen LogP contribution in [-0.4, -0.2) is 57.3 Å². The van der Waals surface area contributed by atoms with Crippen molar-refractivity contribution in [2.75, 3.05) is 6.61 Å². The van der Waals surface area contributed by atoms with Crippen molar-refractivity contribution >= 4 is 5.91 Å². The first-order valence-corrected chi connectivity index (χ1v) is 23.9. The SMILES string of the molecule is CCCCCCCCCCCCCCCCCCCCCCCC(O)C(O)C(CO)NC(=O)C(O)CCCCCCCCCCCCCCCCCC. The first kappa shape index (κ1) is 52.3. The summed E-state index contributed by atoms with van der Waals surface area (Å²) in [5.41, 5.74) is 0. The second-order valence-electron chi connectivity index (χ2n) is 16.8. The third-order valence-corrected chi connectivity index (χ3v) is 11.6. The molecule has 5 N–H and O–H groups in total. The lowest BCUT2D eigenvalue weighted by Gasteiger charge is -2.27. The number of hydrogen-bond donors (Lipinski definition) is 5. The lowest BCUT2D eigenvalue weighted by atomic mass is 9.99. The molecule has 0 aliphatic rings. The molecule has 0 bridgehead atoms. The number of carbonyl (C=O) groups is 1. The lowest BCUT2D eigenvalue weighted by molar-refractivity contribution is -0.132. The molecule has 0 fully saturated rings. The molecule has 318 valence electrons. The van der Waals surface area contributed by atoms with Gasteiger partial charge in [0.05, 0.1) is 18.8 Å². The number of rotatable bonds is 44. The van der Waals surface area contributed by atoms with Gasteiger partial charge in [-0.25, -0.2) is 0 Å². The molecule has 0 aliphatic carbocycles. The lowest BCUT2D eigenvalue weighted by Crippen LogP contribution is -2.53. The minimum atomic E-state index is -1.25. The van der Waals surface area contributed by atoms with Gasteiger partial charge in [0.2, 0.25) is 5.91 Å². The summed E-state index contributed by atoms with van der Waals surface area (Å²) >= 11 is 0. The molecule has 0 saturated carbocycles. The Balaban J connectivity index is 3.65. The van der Waals surface area contributed by atoms with E-state index in [9.17, 15) is 25.2 Å². The molecular formula is C47H95NO5. The molecule has 0 rings (SSSR count). The molecule has 0 radical (unpaired) electrons. The second-order valence-corrected chi connectivity index (χ2v) is 16.8. The zero-order valence-corrected chi connectivity index (χ0v) is 35.8. The van der Waals surface area contributed by atoms with Gasteiger partial charge in [0.1, 0.15) is 12.2 Å². The Morgan fingerprint density at radius 3 is 0.906 bits per heavy atom. The van der Waals surface area contributed by atoms with Crippen molar-refractivity contribution in [2.45, 2.75) is 289 Å². The fourth-order valence-electron chi connectivity index (χ4n) is 7.76. The minimum absolute atomic E-state index is 0.376. The third kappa shape index (κ3) is 36.7. The molecule has 53 heavy (non-hydrogen) atoms. The summed E-state index contributed by atoms with van der Waals surface area (Å²) in [5, 5.41) is 43.8. The summed E-state index contributed by atoms with van der Waals surface area (Å²) in [4.78, 5) is 12.5. The second kappa shape index (κ2) is 42.5. The molecule has 6 heteroatoms. The number of aliphatic hydroxyl groups is 4. The molecule has 0 spiro atoms. The Kier molecular flexibility index (Phi) is 41.9. The van der Waals surface area contributed by atoms with Crippen LogP contribution >= 0.6 is 0 Å². The van der Waals surface area contributed by atoms with Crippen molar-refractivity contribution in [3.05, 3.63) is 0 Å². The van der Waals surface area contributed by atoms with E-state index >= 15 is 0 Å². The molecular weight excluding hydrogens is 659 g/mol. The monoisotopic (exact) mass is 754 g/mol. The van der Waals surface area contributed by atoms with Crippen LogP contribution in [0.3, 0.4) is 0 Å². The maximum absolute atomic E-state index is 12.5. The van der Waals surface area contributed by atoms with Crippen LogP contribution in [0.5, 0.6) is 0 Å². The maximum Gasteiger partial charge on any atom is 0.249 e. The predicted octanol–water partition coefficient (Wildman–Crippen LogP) is 12.8. The third-order valence-electron chi connectivity index (χ3n) is 11.6. The predicted molar refractivity (Wildman–Crippen MR) is 228 cm³/mol. The van der Waals surface area contributed by atoms with Crippen molar-refractivity contribution in [1.29, 1.82) is 0 Å². The standard InChI is InChI=1S/C47H95NO5/c1-3-5-7-9-11-13-15-17-19-21-22-23-24-25-27-28-30-32-34-36-38-40-44(50)46(52)43(42-49)48-47(53)45(51)41-39-37-35-33-31-29-26-20-18-16-14-12-10-8-6-4-2/h43-46,49-52H,3-42H2,1-2H3,(H,48,53). The molecule has 0 heterocycles. The largest absolute Gasteiger partial charge is 0.394 e. The Morgan fingerprint density at radius 2 is 0.642 bits per heavy atom. The summed E-state index contributed by atoms with van der Waals surface area (Å²) in [6.45, 7) is 4.08. The van der Waals surface area contributed by atoms with Gasteiger partial charge in [-0.15, -0.1) is 0 Å². The number of carbonyl (C=O) groups excluding carboxylic acids is 1. The van der Waals surface area contributed by atoms with E-state index in [0.717, 1.165) is 38.5 Å². The quantitative estimate of drug-likeness (QED) is 0.0398. The minimum Gasteiger partial charge on any atom is -0.394 e. The molecule has 6 nitrogen and oxygen atoms in total. The summed E-state index contributed by atoms with van der Waals surface area (Å²) in [6, 6.07) is -0.979. The first-order valence-electron chi connectivity index (χ1n) is 23.9. The Bertz CT molecular complexity index is 721. The van der Waals surface area contributed by atoms with Crippen LogP contribution in [0.4, 0.5) is 0 Å². The summed E-state index contributed by atoms with van der Waals surface area (Å²) in [6.07, 6.45) is 45.7. The first-order chi connectivity index (χ1) is 26.0. The summed E-state index contributed by atoms with van der Waals surface area (Å²) < 4.78 is 0. The Labute approximate surface area is 330 Å². The van der Waals surface area contributed by atoms with Crippen LogP contribution in [0.1, 0.15) is 264 Å². The van der Waals surface area contributed by atoms with Crippen LogP contribution in [-0.2, 0) is 4.79 Å². The normalized spacial score (nSPS) is 14.0. The van der Waals surface area contributed by atoms with Crippen molar-refractivity contribution < 1.29 is 25.2 Å². The molecule has 4 atom stereocenters. The fraction of sp³-hybridized carbons (Fsp3) is 0.979. The molecule has 0 aromatic rings. The van der Waals surface area contributed by atoms with Gasteiger partial charge in [-0.3, -0.25) is 4.79 Å². The summed E-state index contributed by atoms with van der Waals surface area (Å²) in [5.74, 6) is -0.578. The van der Waals surface area contributed by atoms with Crippen molar-refractivity contribution in [3.8, 4) is 0 Å². The maximum atomic E-state index is 12.5. The van der Waals surface area contributed by atoms with Crippen molar-refractivity contribution in [2.24, 2.45) is 0 Å². The van der Waals surface area contributed by atoms with Gasteiger partial charge in [0.15, 0.2) is 0 Å². The zero-order valence-electron chi connectivity index (χ0n) is 35.8. The molecule has 0 saturated heterocycles. The fourth-order valence-corrected chi connectivity index (χ4v) is 7.76. The number of aliphatic hydroxyl groups excluding tert-OH is 4. The highest BCUT2D eigenvalue weighted by Crippen LogP contribution is 2.18. The molecule has 1 amide bonds. The van der Waals surface area contributed by atoms with Crippen LogP contribution in [0.25, 0.3) is 0 Å². The molecule has 4 unspecified atom stereocenters. The van der Waals surface area contributed by atoms with Gasteiger partial charge in [-0.2, -0.15) is 0 Å². The highest BCUT2D eigenvalue weighted by atomic mass is 16.3. The Morgan fingerprint density at radius 1 is 0.396 bits per heavy atom. The van der Waals surface area contributed by atoms with Gasteiger partial charge in [-0.1, -0.05) is 251 Å². The van der Waals surface area contributed by atoms with Gasteiger partial charge >= 0.3 is 0 Å². The van der Waals surface area contributed by atoms with E-state index < -0.39 is 36.9 Å². The Hall–Kier alpha value is -0.690. The number of nitrogens with one attached hydrogen (secondary N) is 1. The van der Waals surface area contributed by atoms with Gasteiger partial charge < -0.3 is 25.7 Å². The van der Waals surface area contributed by atoms with E-state index in [1.807, 2.05) is 0 Å². The van der Waals surface area contributed by atoms with Gasteiger partial charge in [-0.05, 0) is 12.8 Å². The number of hydrogen-bond acceptors (Lipinski definition) is 5. The van der Waals surface area contributed by atoms with Crippen molar-refractivity contribution in [1.82, 2.24) is 5.32 Å². The van der Waals surface area contributed by atoms with Gasteiger partial charge in [0.25, 0.3) is 0 Å². The van der Waals surface area contributed by atoms with Crippen LogP contribution < -0.4 is 5.32 Å². The van der Waals surface area contributed by atoms with E-state index in [0.29, 0.717) is 12.8 Å². The van der Waals surface area contributed by atoms with Crippen molar-refractivity contribution in [3.63, 3.8) is 0 Å². The topological polar surface area (TPSA) is 110 Å². The van der Waals surface area contributed by atoms with E-state index in [2.05, 4.69) is 19.2 Å². The van der Waals surface area contributed by atoms with E-state index in [1.165, 1.54) is 199 Å². The zero-order chi connectivity index (χ0) is 38.9. The van der Waals surface area contributed by atoms with Crippen LogP contribution in [0.15, 0.2) is 0 Å². The van der Waals surface area contributed by atoms with E-state index in [4.69, 9.17) is 0 Å². The molecule has 0 aromatic carbocycles. The van der Waals surface area contributed by atoms with Gasteiger partial charge in [0, 0.05) is 0 Å². The summed E-state index contributed by atoms with van der Waals surface area (Å²) in [7, 11) is 0. The highest BCUT2D eigenvalue weighted by Gasteiger charge is 2.28. The number of unbranched alkanes of at least 4 members (excludes halogenated alkanes) is 35.